The summed E-state index contributed by atoms with van der Waals surface area (Å²) in [5.74, 6) is 1.12. The van der Waals surface area contributed by atoms with Crippen LogP contribution in [0.5, 0.6) is 0 Å². The number of nitrogens with one attached hydrogen (secondary N) is 2. The number of nitrogens with zero attached hydrogens (tertiary/aromatic N) is 2. The van der Waals surface area contributed by atoms with Gasteiger partial charge in [0.2, 0.25) is 0 Å². The molecule has 1 aromatic heterocycles. The highest BCUT2D eigenvalue weighted by atomic mass is 15.4. The third kappa shape index (κ3) is 3.44. The van der Waals surface area contributed by atoms with Crippen LogP contribution in [-0.4, -0.2) is 35.0 Å². The van der Waals surface area contributed by atoms with E-state index < -0.39 is 0 Å². The Bertz CT molecular complexity index is 348. The summed E-state index contributed by atoms with van der Waals surface area (Å²) < 4.78 is 2.07. The van der Waals surface area contributed by atoms with Gasteiger partial charge in [-0.15, -0.1) is 0 Å². The maximum atomic E-state index is 5.95. The molecular formula is C12H23N5. The van der Waals surface area contributed by atoms with Crippen molar-refractivity contribution >= 4 is 5.82 Å². The van der Waals surface area contributed by atoms with Crippen molar-refractivity contribution in [2.24, 2.45) is 5.73 Å². The molecule has 96 valence electrons. The summed E-state index contributed by atoms with van der Waals surface area (Å²) in [6.07, 6.45) is 3.96. The second-order valence-electron chi connectivity index (χ2n) is 5.49. The van der Waals surface area contributed by atoms with Gasteiger partial charge in [-0.05, 0) is 26.7 Å². The molecule has 1 fully saturated rings. The van der Waals surface area contributed by atoms with Crippen LogP contribution in [0.4, 0.5) is 5.82 Å². The van der Waals surface area contributed by atoms with Gasteiger partial charge >= 0.3 is 0 Å². The highest BCUT2D eigenvalue weighted by molar-refractivity contribution is 5.34. The van der Waals surface area contributed by atoms with Crippen molar-refractivity contribution < 1.29 is 0 Å². The van der Waals surface area contributed by atoms with Crippen LogP contribution in [0.3, 0.4) is 0 Å². The Hall–Kier alpha value is -1.07. The average Bonchev–Trinajstić information content (AvgIpc) is 2.57. The average molecular weight is 237 g/mol. The molecule has 1 aromatic rings. The van der Waals surface area contributed by atoms with Gasteiger partial charge in [-0.3, -0.25) is 0 Å². The van der Waals surface area contributed by atoms with Crippen molar-refractivity contribution in [2.75, 3.05) is 25.0 Å². The molecule has 0 amide bonds. The van der Waals surface area contributed by atoms with E-state index >= 15 is 0 Å². The highest BCUT2D eigenvalue weighted by Gasteiger charge is 2.21. The molecule has 17 heavy (non-hydrogen) atoms. The lowest BCUT2D eigenvalue weighted by molar-refractivity contribution is 0.321. The number of hydrogen-bond donors (Lipinski definition) is 3. The minimum absolute atomic E-state index is 0.0696. The maximum absolute atomic E-state index is 5.95. The maximum Gasteiger partial charge on any atom is 0.124 e. The topological polar surface area (TPSA) is 67.9 Å². The van der Waals surface area contributed by atoms with Gasteiger partial charge in [0.1, 0.15) is 5.82 Å². The van der Waals surface area contributed by atoms with Crippen LogP contribution in [0.15, 0.2) is 12.3 Å². The molecule has 0 atom stereocenters. The predicted molar refractivity (Wildman–Crippen MR) is 70.1 cm³/mol. The van der Waals surface area contributed by atoms with Crippen molar-refractivity contribution in [1.29, 1.82) is 0 Å². The first-order valence-corrected chi connectivity index (χ1v) is 6.33. The molecular weight excluding hydrogens is 214 g/mol. The fourth-order valence-corrected chi connectivity index (χ4v) is 1.95. The summed E-state index contributed by atoms with van der Waals surface area (Å²) in [4.78, 5) is 0. The quantitative estimate of drug-likeness (QED) is 0.645. The first-order chi connectivity index (χ1) is 8.06. The monoisotopic (exact) mass is 237 g/mol. The smallest absolute Gasteiger partial charge is 0.124 e. The Kier molecular flexibility index (Phi) is 3.69. The predicted octanol–water partition coefficient (Wildman–Crippen LogP) is 0.957. The van der Waals surface area contributed by atoms with E-state index in [1.54, 1.807) is 0 Å². The van der Waals surface area contributed by atoms with Crippen LogP contribution < -0.4 is 16.4 Å². The van der Waals surface area contributed by atoms with Gasteiger partial charge in [-0.1, -0.05) is 0 Å². The summed E-state index contributed by atoms with van der Waals surface area (Å²) in [6, 6.07) is 2.55. The minimum atomic E-state index is -0.0696. The summed E-state index contributed by atoms with van der Waals surface area (Å²) in [7, 11) is 0. The van der Waals surface area contributed by atoms with E-state index in [-0.39, 0.29) is 5.54 Å². The van der Waals surface area contributed by atoms with E-state index in [9.17, 15) is 0 Å². The fourth-order valence-electron chi connectivity index (χ4n) is 1.95. The molecule has 0 saturated carbocycles. The summed E-state index contributed by atoms with van der Waals surface area (Å²) >= 11 is 0. The molecule has 5 nitrogen and oxygen atoms in total. The molecule has 4 N–H and O–H groups in total. The standard InChI is InChI=1S/C12H23N5/c1-12(2,13)5-3-6-15-11-4-7-16-17(11)10-8-14-9-10/h4,7,10,14-15H,3,5-6,8-9,13H2,1-2H3. The van der Waals surface area contributed by atoms with E-state index in [1.807, 2.05) is 12.3 Å². The molecule has 0 spiro atoms. The normalized spacial score (nSPS) is 16.9. The molecule has 0 aromatic carbocycles. The van der Waals surface area contributed by atoms with Crippen LogP contribution in [0, 0.1) is 0 Å². The first-order valence-electron chi connectivity index (χ1n) is 6.33. The Morgan fingerprint density at radius 1 is 1.59 bits per heavy atom. The highest BCUT2D eigenvalue weighted by Crippen LogP contribution is 2.17. The molecule has 1 aliphatic heterocycles. The Morgan fingerprint density at radius 2 is 2.35 bits per heavy atom. The second kappa shape index (κ2) is 5.06. The molecule has 2 rings (SSSR count). The fraction of sp³-hybridized carbons (Fsp3) is 0.750. The van der Waals surface area contributed by atoms with E-state index in [0.29, 0.717) is 6.04 Å². The minimum Gasteiger partial charge on any atom is -0.370 e. The van der Waals surface area contributed by atoms with Crippen molar-refractivity contribution in [3.05, 3.63) is 12.3 Å². The van der Waals surface area contributed by atoms with Crippen LogP contribution >= 0.6 is 0 Å². The summed E-state index contributed by atoms with van der Waals surface area (Å²) in [6.45, 7) is 7.12. The van der Waals surface area contributed by atoms with E-state index in [2.05, 4.69) is 34.3 Å². The number of hydrogen-bond acceptors (Lipinski definition) is 4. The van der Waals surface area contributed by atoms with Gasteiger partial charge in [-0.2, -0.15) is 5.10 Å². The summed E-state index contributed by atoms with van der Waals surface area (Å²) in [5.41, 5.74) is 5.88. The first kappa shape index (κ1) is 12.4. The Balaban J connectivity index is 1.77. The van der Waals surface area contributed by atoms with E-state index in [0.717, 1.165) is 38.3 Å². The number of anilines is 1. The molecule has 0 unspecified atom stereocenters. The van der Waals surface area contributed by atoms with Gasteiger partial charge < -0.3 is 16.4 Å². The van der Waals surface area contributed by atoms with Crippen LogP contribution in [0.1, 0.15) is 32.7 Å². The van der Waals surface area contributed by atoms with E-state index in [1.165, 1.54) is 0 Å². The molecule has 0 bridgehead atoms. The third-order valence-electron chi connectivity index (χ3n) is 3.08. The van der Waals surface area contributed by atoms with Gasteiger partial charge in [0.25, 0.3) is 0 Å². The van der Waals surface area contributed by atoms with E-state index in [4.69, 9.17) is 5.73 Å². The lowest BCUT2D eigenvalue weighted by Gasteiger charge is -2.29. The number of aromatic nitrogens is 2. The molecule has 1 saturated heterocycles. The van der Waals surface area contributed by atoms with Gasteiger partial charge in [0, 0.05) is 31.2 Å². The Labute approximate surface area is 103 Å². The largest absolute Gasteiger partial charge is 0.370 e. The third-order valence-corrected chi connectivity index (χ3v) is 3.08. The number of rotatable bonds is 6. The molecule has 2 heterocycles. The van der Waals surface area contributed by atoms with Gasteiger partial charge in [0.05, 0.1) is 12.2 Å². The van der Waals surface area contributed by atoms with Crippen LogP contribution in [0.25, 0.3) is 0 Å². The Morgan fingerprint density at radius 3 is 2.94 bits per heavy atom. The zero-order valence-electron chi connectivity index (χ0n) is 10.7. The SMILES string of the molecule is CC(C)(N)CCCNc1ccnn1C1CNC1. The second-order valence-corrected chi connectivity index (χ2v) is 5.49. The van der Waals surface area contributed by atoms with Gasteiger partial charge in [-0.25, -0.2) is 4.68 Å². The molecule has 0 aliphatic carbocycles. The molecule has 5 heteroatoms. The zero-order valence-corrected chi connectivity index (χ0v) is 10.7. The van der Waals surface area contributed by atoms with Crippen molar-refractivity contribution in [3.63, 3.8) is 0 Å². The zero-order chi connectivity index (χ0) is 12.3. The van der Waals surface area contributed by atoms with Crippen molar-refractivity contribution in [1.82, 2.24) is 15.1 Å². The van der Waals surface area contributed by atoms with Crippen molar-refractivity contribution in [2.45, 2.75) is 38.3 Å². The molecule has 0 radical (unpaired) electrons. The van der Waals surface area contributed by atoms with Crippen LogP contribution in [-0.2, 0) is 0 Å². The lowest BCUT2D eigenvalue weighted by atomic mass is 10.0. The van der Waals surface area contributed by atoms with Gasteiger partial charge in [0.15, 0.2) is 0 Å². The molecule has 1 aliphatic rings. The number of nitrogens with two attached hydrogens (primary N) is 1. The lowest BCUT2D eigenvalue weighted by Crippen LogP contribution is -2.44. The summed E-state index contributed by atoms with van der Waals surface area (Å²) in [5, 5.41) is 11.0. The van der Waals surface area contributed by atoms with Crippen LogP contribution in [0.2, 0.25) is 0 Å². The van der Waals surface area contributed by atoms with Crippen molar-refractivity contribution in [3.8, 4) is 0 Å².